The Kier molecular flexibility index (Phi) is 4.76. The van der Waals surface area contributed by atoms with Gasteiger partial charge in [-0.1, -0.05) is 42.1 Å². The summed E-state index contributed by atoms with van der Waals surface area (Å²) < 4.78 is 0. The van der Waals surface area contributed by atoms with Gasteiger partial charge in [0.05, 0.1) is 0 Å². The van der Waals surface area contributed by atoms with Crippen LogP contribution in [0.1, 0.15) is 40.9 Å². The van der Waals surface area contributed by atoms with Gasteiger partial charge in [0.25, 0.3) is 5.91 Å². The third-order valence-corrected chi connectivity index (χ3v) is 5.87. The van der Waals surface area contributed by atoms with E-state index in [4.69, 9.17) is 23.2 Å². The zero-order valence-corrected chi connectivity index (χ0v) is 14.4. The first kappa shape index (κ1) is 15.9. The molecule has 2 aromatic rings. The predicted octanol–water partition coefficient (Wildman–Crippen LogP) is 5.30. The Balaban J connectivity index is 1.74. The van der Waals surface area contributed by atoms with Crippen molar-refractivity contribution in [3.63, 3.8) is 0 Å². The Bertz CT molecular complexity index is 643. The zero-order chi connectivity index (χ0) is 15.6. The van der Waals surface area contributed by atoms with Gasteiger partial charge in [0.2, 0.25) is 0 Å². The van der Waals surface area contributed by atoms with Crippen LogP contribution in [0, 0.1) is 0 Å². The summed E-state index contributed by atoms with van der Waals surface area (Å²) in [5, 5.41) is 6.14. The lowest BCUT2D eigenvalue weighted by atomic mass is 9.84. The molecule has 2 nitrogen and oxygen atoms in total. The van der Waals surface area contributed by atoms with Crippen LogP contribution in [0.5, 0.6) is 0 Å². The van der Waals surface area contributed by atoms with E-state index in [1.165, 1.54) is 17.7 Å². The minimum Gasteiger partial charge on any atom is -0.351 e. The predicted molar refractivity (Wildman–Crippen MR) is 93.3 cm³/mol. The molecule has 0 bridgehead atoms. The number of rotatable bonds is 4. The molecule has 1 aliphatic carbocycles. The number of hydrogen-bond acceptors (Lipinski definition) is 2. The smallest absolute Gasteiger partial charge is 0.251 e. The van der Waals surface area contributed by atoms with E-state index in [0.717, 1.165) is 12.8 Å². The summed E-state index contributed by atoms with van der Waals surface area (Å²) >= 11 is 13.7. The Morgan fingerprint density at radius 2 is 1.86 bits per heavy atom. The van der Waals surface area contributed by atoms with Crippen molar-refractivity contribution in [1.29, 1.82) is 0 Å². The van der Waals surface area contributed by atoms with Crippen LogP contribution in [0.3, 0.4) is 0 Å². The van der Waals surface area contributed by atoms with Gasteiger partial charge in [-0.05, 0) is 42.5 Å². The van der Waals surface area contributed by atoms with Crippen LogP contribution in [-0.2, 0) is 5.41 Å². The molecule has 0 atom stereocenters. The van der Waals surface area contributed by atoms with E-state index in [1.807, 2.05) is 0 Å². The Hall–Kier alpha value is -1.03. The molecule has 0 aliphatic heterocycles. The average molecular weight is 354 g/mol. The summed E-state index contributed by atoms with van der Waals surface area (Å²) in [6.45, 7) is 0.663. The topological polar surface area (TPSA) is 29.1 Å². The molecule has 0 unspecified atom stereocenters. The molecule has 3 rings (SSSR count). The largest absolute Gasteiger partial charge is 0.351 e. The number of carbonyl (C=O) groups is 1. The lowest BCUT2D eigenvalue weighted by Gasteiger charge is -2.28. The number of halogens is 2. The van der Waals surface area contributed by atoms with Gasteiger partial charge in [0.1, 0.15) is 0 Å². The fourth-order valence-electron chi connectivity index (χ4n) is 3.18. The molecular formula is C17H17Cl2NOS. The van der Waals surface area contributed by atoms with Crippen molar-refractivity contribution in [2.24, 2.45) is 0 Å². The third-order valence-electron chi connectivity index (χ3n) is 4.32. The van der Waals surface area contributed by atoms with Crippen molar-refractivity contribution in [2.45, 2.75) is 31.1 Å². The van der Waals surface area contributed by atoms with E-state index < -0.39 is 0 Å². The number of nitrogens with one attached hydrogen (secondary N) is 1. The second-order valence-corrected chi connectivity index (χ2v) is 7.63. The highest BCUT2D eigenvalue weighted by Gasteiger charge is 2.36. The highest BCUT2D eigenvalue weighted by Crippen LogP contribution is 2.42. The molecule has 1 saturated carbocycles. The third kappa shape index (κ3) is 3.32. The summed E-state index contributed by atoms with van der Waals surface area (Å²) in [5.41, 5.74) is 0.600. The van der Waals surface area contributed by atoms with Crippen LogP contribution < -0.4 is 5.32 Å². The summed E-state index contributed by atoms with van der Waals surface area (Å²) in [7, 11) is 0. The van der Waals surface area contributed by atoms with E-state index in [9.17, 15) is 4.79 Å². The second-order valence-electron chi connectivity index (χ2n) is 5.81. The highest BCUT2D eigenvalue weighted by atomic mass is 35.5. The standard InChI is InChI=1S/C17H17Cl2NOS/c18-13-8-12(9-14(19)10-13)16(21)20-11-17(5-1-2-6-17)15-4-3-7-22-15/h3-4,7-10H,1-2,5-6,11H2,(H,20,21). The van der Waals surface area contributed by atoms with Gasteiger partial charge < -0.3 is 5.32 Å². The SMILES string of the molecule is O=C(NCC1(c2cccs2)CCCC1)c1cc(Cl)cc(Cl)c1. The van der Waals surface area contributed by atoms with Crippen LogP contribution in [0.15, 0.2) is 35.7 Å². The van der Waals surface area contributed by atoms with Crippen LogP contribution in [-0.4, -0.2) is 12.5 Å². The van der Waals surface area contributed by atoms with Crippen LogP contribution in [0.4, 0.5) is 0 Å². The fourth-order valence-corrected chi connectivity index (χ4v) is 4.69. The number of benzene rings is 1. The minimum atomic E-state index is -0.118. The first-order valence-electron chi connectivity index (χ1n) is 7.37. The van der Waals surface area contributed by atoms with E-state index in [1.54, 1.807) is 29.5 Å². The molecule has 22 heavy (non-hydrogen) atoms. The molecular weight excluding hydrogens is 337 g/mol. The molecule has 1 aromatic carbocycles. The van der Waals surface area contributed by atoms with E-state index in [2.05, 4.69) is 22.8 Å². The molecule has 1 fully saturated rings. The van der Waals surface area contributed by atoms with Crippen molar-refractivity contribution in [2.75, 3.05) is 6.54 Å². The van der Waals surface area contributed by atoms with Crippen LogP contribution in [0.25, 0.3) is 0 Å². The molecule has 1 aromatic heterocycles. The molecule has 0 spiro atoms. The van der Waals surface area contributed by atoms with Gasteiger partial charge in [0, 0.05) is 32.4 Å². The maximum absolute atomic E-state index is 12.4. The van der Waals surface area contributed by atoms with Gasteiger partial charge in [-0.2, -0.15) is 0 Å². The molecule has 1 amide bonds. The van der Waals surface area contributed by atoms with Crippen LogP contribution >= 0.6 is 34.5 Å². The van der Waals surface area contributed by atoms with E-state index in [-0.39, 0.29) is 11.3 Å². The summed E-state index contributed by atoms with van der Waals surface area (Å²) in [4.78, 5) is 13.8. The van der Waals surface area contributed by atoms with Gasteiger partial charge in [-0.25, -0.2) is 0 Å². The minimum absolute atomic E-state index is 0.0895. The number of amides is 1. The van der Waals surface area contributed by atoms with E-state index >= 15 is 0 Å². The van der Waals surface area contributed by atoms with Crippen molar-refractivity contribution in [1.82, 2.24) is 5.32 Å². The second kappa shape index (κ2) is 6.61. The maximum Gasteiger partial charge on any atom is 0.251 e. The van der Waals surface area contributed by atoms with Crippen molar-refractivity contribution in [3.05, 3.63) is 56.2 Å². The van der Waals surface area contributed by atoms with Gasteiger partial charge in [-0.15, -0.1) is 11.3 Å². The van der Waals surface area contributed by atoms with Gasteiger partial charge in [-0.3, -0.25) is 4.79 Å². The van der Waals surface area contributed by atoms with E-state index in [0.29, 0.717) is 22.2 Å². The van der Waals surface area contributed by atoms with Crippen molar-refractivity contribution in [3.8, 4) is 0 Å². The average Bonchev–Trinajstić information content (AvgIpc) is 3.15. The van der Waals surface area contributed by atoms with Gasteiger partial charge >= 0.3 is 0 Å². The molecule has 1 heterocycles. The molecule has 5 heteroatoms. The Labute approximate surface area is 144 Å². The van der Waals surface area contributed by atoms with Crippen molar-refractivity contribution >= 4 is 40.4 Å². The Morgan fingerprint density at radius 3 is 2.45 bits per heavy atom. The Morgan fingerprint density at radius 1 is 1.18 bits per heavy atom. The van der Waals surface area contributed by atoms with Crippen LogP contribution in [0.2, 0.25) is 10.0 Å². The molecule has 1 N–H and O–H groups in total. The summed E-state index contributed by atoms with van der Waals surface area (Å²) in [6.07, 6.45) is 4.70. The number of carbonyl (C=O) groups excluding carboxylic acids is 1. The number of thiophene rings is 1. The molecule has 116 valence electrons. The summed E-state index contributed by atoms with van der Waals surface area (Å²) in [6, 6.07) is 9.19. The lowest BCUT2D eigenvalue weighted by Crippen LogP contribution is -2.38. The maximum atomic E-state index is 12.4. The van der Waals surface area contributed by atoms with Crippen molar-refractivity contribution < 1.29 is 4.79 Å². The van der Waals surface area contributed by atoms with Gasteiger partial charge in [0.15, 0.2) is 0 Å². The lowest BCUT2D eigenvalue weighted by molar-refractivity contribution is 0.0943. The first-order chi connectivity index (χ1) is 10.6. The normalized spacial score (nSPS) is 16.6. The quantitative estimate of drug-likeness (QED) is 0.793. The first-order valence-corrected chi connectivity index (χ1v) is 9.01. The monoisotopic (exact) mass is 353 g/mol. The highest BCUT2D eigenvalue weighted by molar-refractivity contribution is 7.10. The zero-order valence-electron chi connectivity index (χ0n) is 12.1. The fraction of sp³-hybridized carbons (Fsp3) is 0.353. The number of hydrogen-bond donors (Lipinski definition) is 1. The molecule has 0 radical (unpaired) electrons. The summed E-state index contributed by atoms with van der Waals surface area (Å²) in [5.74, 6) is -0.118. The molecule has 1 aliphatic rings. The molecule has 0 saturated heterocycles.